The van der Waals surface area contributed by atoms with Gasteiger partial charge in [0.25, 0.3) is 0 Å². The van der Waals surface area contributed by atoms with Gasteiger partial charge in [0.2, 0.25) is 0 Å². The maximum absolute atomic E-state index is 14.2. The van der Waals surface area contributed by atoms with E-state index in [1.165, 1.54) is 12.5 Å². The number of nitrogens with zero attached hydrogens (tertiary/aromatic N) is 3. The fourth-order valence-electron chi connectivity index (χ4n) is 3.38. The van der Waals surface area contributed by atoms with Crippen molar-refractivity contribution >= 4 is 11.8 Å². The Morgan fingerprint density at radius 3 is 2.71 bits per heavy atom. The Kier molecular flexibility index (Phi) is 5.19. The molecule has 0 saturated carbocycles. The van der Waals surface area contributed by atoms with Crippen LogP contribution in [0.1, 0.15) is 37.7 Å². The van der Waals surface area contributed by atoms with Crippen molar-refractivity contribution in [1.29, 1.82) is 5.26 Å². The average molecular weight is 331 g/mol. The van der Waals surface area contributed by atoms with Crippen LogP contribution in [0.15, 0.2) is 18.2 Å². The topological polar surface area (TPSA) is 56.6 Å². The summed E-state index contributed by atoms with van der Waals surface area (Å²) in [6.45, 7) is 2.74. The van der Waals surface area contributed by atoms with Gasteiger partial charge in [-0.3, -0.25) is 0 Å². The zero-order chi connectivity index (χ0) is 16.9. The van der Waals surface area contributed by atoms with Gasteiger partial charge in [-0.25, -0.2) is 9.18 Å². The lowest BCUT2D eigenvalue weighted by molar-refractivity contribution is 0.0515. The number of ether oxygens (including phenoxy) is 1. The van der Waals surface area contributed by atoms with E-state index in [0.717, 1.165) is 45.3 Å². The van der Waals surface area contributed by atoms with Crippen LogP contribution in [0.2, 0.25) is 0 Å². The van der Waals surface area contributed by atoms with Gasteiger partial charge in [0.05, 0.1) is 23.9 Å². The van der Waals surface area contributed by atoms with E-state index in [1.54, 1.807) is 17.0 Å². The summed E-state index contributed by atoms with van der Waals surface area (Å²) in [5.74, 6) is -0.406. The smallest absolute Gasteiger partial charge is 0.410 e. The zero-order valence-electron chi connectivity index (χ0n) is 13.7. The van der Waals surface area contributed by atoms with Crippen LogP contribution < -0.4 is 4.90 Å². The highest BCUT2D eigenvalue weighted by Gasteiger charge is 2.27. The summed E-state index contributed by atoms with van der Waals surface area (Å²) in [5.41, 5.74) is 0.772. The molecule has 1 aromatic carbocycles. The number of nitriles is 1. The van der Waals surface area contributed by atoms with E-state index in [-0.39, 0.29) is 12.2 Å². The van der Waals surface area contributed by atoms with Crippen LogP contribution in [0.5, 0.6) is 0 Å². The van der Waals surface area contributed by atoms with Crippen LogP contribution in [-0.4, -0.2) is 43.3 Å². The predicted octanol–water partition coefficient (Wildman–Crippen LogP) is 3.29. The fraction of sp³-hybridized carbons (Fsp3) is 0.556. The Labute approximate surface area is 141 Å². The molecule has 1 amide bonds. The highest BCUT2D eigenvalue weighted by Crippen LogP contribution is 2.25. The number of benzene rings is 1. The summed E-state index contributed by atoms with van der Waals surface area (Å²) in [5, 5.41) is 8.84. The number of halogens is 1. The Morgan fingerprint density at radius 1 is 1.21 bits per heavy atom. The number of rotatable bonds is 2. The van der Waals surface area contributed by atoms with Crippen molar-refractivity contribution in [3.8, 4) is 6.07 Å². The van der Waals surface area contributed by atoms with Crippen LogP contribution >= 0.6 is 0 Å². The third-order valence-electron chi connectivity index (χ3n) is 4.68. The van der Waals surface area contributed by atoms with E-state index in [9.17, 15) is 9.18 Å². The van der Waals surface area contributed by atoms with Gasteiger partial charge in [0.15, 0.2) is 0 Å². The third-order valence-corrected chi connectivity index (χ3v) is 4.68. The molecule has 1 unspecified atom stereocenters. The molecule has 24 heavy (non-hydrogen) atoms. The van der Waals surface area contributed by atoms with Gasteiger partial charge in [0.1, 0.15) is 11.9 Å². The zero-order valence-corrected chi connectivity index (χ0v) is 13.7. The molecule has 1 atom stereocenters. The molecule has 2 aliphatic heterocycles. The molecular formula is C18H22FN3O2. The van der Waals surface area contributed by atoms with Gasteiger partial charge < -0.3 is 14.5 Å². The summed E-state index contributed by atoms with van der Waals surface area (Å²) in [6.07, 6.45) is 4.40. The number of carbonyl (C=O) groups excluding carboxylic acids is 1. The number of hydrogen-bond donors (Lipinski definition) is 0. The lowest BCUT2D eigenvalue weighted by Gasteiger charge is -2.35. The molecule has 0 bridgehead atoms. The Hall–Kier alpha value is -2.29. The van der Waals surface area contributed by atoms with Crippen molar-refractivity contribution in [2.45, 2.75) is 38.2 Å². The normalized spacial score (nSPS) is 21.2. The number of hydrogen-bond acceptors (Lipinski definition) is 4. The largest absolute Gasteiger partial charge is 0.444 e. The summed E-state index contributed by atoms with van der Waals surface area (Å²) >= 11 is 0. The van der Waals surface area contributed by atoms with Crippen molar-refractivity contribution in [3.05, 3.63) is 29.6 Å². The summed E-state index contributed by atoms with van der Waals surface area (Å²) in [6, 6.07) is 6.43. The molecule has 5 nitrogen and oxygen atoms in total. The van der Waals surface area contributed by atoms with Crippen molar-refractivity contribution in [2.75, 3.05) is 31.1 Å². The first-order valence-electron chi connectivity index (χ1n) is 8.57. The number of amides is 1. The second-order valence-electron chi connectivity index (χ2n) is 6.42. The van der Waals surface area contributed by atoms with E-state index >= 15 is 0 Å². The van der Waals surface area contributed by atoms with Gasteiger partial charge in [-0.05, 0) is 50.3 Å². The van der Waals surface area contributed by atoms with Gasteiger partial charge >= 0.3 is 6.09 Å². The number of likely N-dealkylation sites (tertiary alicyclic amines) is 1. The highest BCUT2D eigenvalue weighted by molar-refractivity contribution is 5.68. The van der Waals surface area contributed by atoms with Gasteiger partial charge in [-0.15, -0.1) is 0 Å². The molecule has 1 aromatic rings. The van der Waals surface area contributed by atoms with Crippen molar-refractivity contribution in [1.82, 2.24) is 4.90 Å². The quantitative estimate of drug-likeness (QED) is 0.834. The van der Waals surface area contributed by atoms with E-state index in [2.05, 4.69) is 0 Å². The van der Waals surface area contributed by atoms with Crippen molar-refractivity contribution in [2.24, 2.45) is 0 Å². The molecule has 2 fully saturated rings. The van der Waals surface area contributed by atoms with Gasteiger partial charge in [0, 0.05) is 19.6 Å². The molecule has 0 spiro atoms. The molecular weight excluding hydrogens is 309 g/mol. The van der Waals surface area contributed by atoms with Crippen LogP contribution in [0.4, 0.5) is 14.9 Å². The van der Waals surface area contributed by atoms with Crippen LogP contribution in [0.25, 0.3) is 0 Å². The first-order valence-corrected chi connectivity index (χ1v) is 8.57. The van der Waals surface area contributed by atoms with Crippen LogP contribution in [0.3, 0.4) is 0 Å². The first-order chi connectivity index (χ1) is 11.7. The van der Waals surface area contributed by atoms with E-state index in [4.69, 9.17) is 10.00 Å². The Bertz CT molecular complexity index is 638. The average Bonchev–Trinajstić information content (AvgIpc) is 2.62. The minimum Gasteiger partial charge on any atom is -0.444 e. The third kappa shape index (κ3) is 3.78. The Morgan fingerprint density at radius 2 is 2.00 bits per heavy atom. The molecule has 0 aromatic heterocycles. The molecule has 128 valence electrons. The van der Waals surface area contributed by atoms with Crippen LogP contribution in [0, 0.1) is 17.1 Å². The maximum Gasteiger partial charge on any atom is 0.410 e. The standard InChI is InChI=1S/C18H22FN3O2/c19-16-11-14(12-20)6-7-17(16)22-10-4-5-15(13-22)24-18(23)21-8-2-1-3-9-21/h6-7,11,15H,1-5,8-10,13H2. The highest BCUT2D eigenvalue weighted by atomic mass is 19.1. The fourth-order valence-corrected chi connectivity index (χ4v) is 3.38. The van der Waals surface area contributed by atoms with Gasteiger partial charge in [-0.2, -0.15) is 5.26 Å². The molecule has 6 heteroatoms. The first kappa shape index (κ1) is 16.6. The van der Waals surface area contributed by atoms with Crippen LogP contribution in [-0.2, 0) is 4.74 Å². The summed E-state index contributed by atoms with van der Waals surface area (Å²) < 4.78 is 19.8. The second-order valence-corrected chi connectivity index (χ2v) is 6.42. The molecule has 0 radical (unpaired) electrons. The second kappa shape index (κ2) is 7.52. The number of carbonyl (C=O) groups is 1. The van der Waals surface area contributed by atoms with E-state index in [1.807, 2.05) is 11.0 Å². The van der Waals surface area contributed by atoms with Crippen molar-refractivity contribution < 1.29 is 13.9 Å². The predicted molar refractivity (Wildman–Crippen MR) is 88.3 cm³/mol. The summed E-state index contributed by atoms with van der Waals surface area (Å²) in [4.78, 5) is 15.9. The monoisotopic (exact) mass is 331 g/mol. The van der Waals surface area contributed by atoms with E-state index in [0.29, 0.717) is 17.8 Å². The molecule has 2 aliphatic rings. The van der Waals surface area contributed by atoms with E-state index < -0.39 is 5.82 Å². The minimum atomic E-state index is -0.406. The number of piperidine rings is 2. The summed E-state index contributed by atoms with van der Waals surface area (Å²) in [7, 11) is 0. The van der Waals surface area contributed by atoms with Gasteiger partial charge in [-0.1, -0.05) is 0 Å². The molecule has 0 aliphatic carbocycles. The Balaban J connectivity index is 1.62. The molecule has 2 heterocycles. The molecule has 3 rings (SSSR count). The lowest BCUT2D eigenvalue weighted by Crippen LogP contribution is -2.44. The number of anilines is 1. The van der Waals surface area contributed by atoms with Crippen molar-refractivity contribution in [3.63, 3.8) is 0 Å². The molecule has 2 saturated heterocycles. The SMILES string of the molecule is N#Cc1ccc(N2CCCC(OC(=O)N3CCCCC3)C2)c(F)c1. The minimum absolute atomic E-state index is 0.219. The lowest BCUT2D eigenvalue weighted by atomic mass is 10.1. The maximum atomic E-state index is 14.2. The molecule has 0 N–H and O–H groups in total.